The molecule has 0 aliphatic carbocycles. The Morgan fingerprint density at radius 3 is 2.72 bits per heavy atom. The number of hydrogen-bond acceptors (Lipinski definition) is 5. The molecule has 0 fully saturated rings. The highest BCUT2D eigenvalue weighted by molar-refractivity contribution is 6.30. The molecule has 124 valence electrons. The number of halogens is 2. The van der Waals surface area contributed by atoms with Gasteiger partial charge in [-0.1, -0.05) is 11.6 Å². The van der Waals surface area contributed by atoms with Gasteiger partial charge in [-0.05, 0) is 47.9 Å². The summed E-state index contributed by atoms with van der Waals surface area (Å²) in [4.78, 5) is 3.98. The number of benzene rings is 2. The molecule has 2 heterocycles. The van der Waals surface area contributed by atoms with Gasteiger partial charge in [0.05, 0.1) is 5.56 Å². The fourth-order valence-corrected chi connectivity index (χ4v) is 2.49. The molecule has 0 N–H and O–H groups in total. The average Bonchev–Trinajstić information content (AvgIpc) is 3.09. The molecule has 2 aromatic heterocycles. The van der Waals surface area contributed by atoms with Crippen LogP contribution < -0.4 is 4.74 Å². The van der Waals surface area contributed by atoms with Crippen molar-refractivity contribution in [1.82, 2.24) is 15.2 Å². The van der Waals surface area contributed by atoms with E-state index >= 15 is 0 Å². The Bertz CT molecular complexity index is 1030. The number of aromatic nitrogens is 3. The first kappa shape index (κ1) is 15.5. The summed E-state index contributed by atoms with van der Waals surface area (Å²) in [7, 11) is 0. The summed E-state index contributed by atoms with van der Waals surface area (Å²) in [5, 5.41) is 9.97. The highest BCUT2D eigenvalue weighted by atomic mass is 35.5. The van der Waals surface area contributed by atoms with E-state index in [1.165, 1.54) is 6.07 Å². The van der Waals surface area contributed by atoms with Crippen LogP contribution >= 0.6 is 11.6 Å². The summed E-state index contributed by atoms with van der Waals surface area (Å²) in [5.74, 6) is 0.521. The molecule has 0 spiro atoms. The lowest BCUT2D eigenvalue weighted by Gasteiger charge is -2.03. The Labute approximate surface area is 147 Å². The molecule has 0 bridgehead atoms. The molecule has 0 unspecified atom stereocenters. The summed E-state index contributed by atoms with van der Waals surface area (Å²) < 4.78 is 25.4. The third-order valence-electron chi connectivity index (χ3n) is 3.60. The van der Waals surface area contributed by atoms with Crippen LogP contribution in [0.5, 0.6) is 5.75 Å². The lowest BCUT2D eigenvalue weighted by molar-refractivity contribution is 0.264. The average molecular weight is 356 g/mol. The van der Waals surface area contributed by atoms with Crippen molar-refractivity contribution in [2.45, 2.75) is 6.61 Å². The molecule has 0 saturated heterocycles. The maximum absolute atomic E-state index is 14.3. The fraction of sp³-hybridized carbons (Fsp3) is 0.0556. The maximum atomic E-state index is 14.3. The molecular weight excluding hydrogens is 345 g/mol. The van der Waals surface area contributed by atoms with Crippen LogP contribution in [-0.2, 0) is 6.61 Å². The second kappa shape index (κ2) is 6.49. The van der Waals surface area contributed by atoms with Gasteiger partial charge in [-0.3, -0.25) is 4.98 Å². The Morgan fingerprint density at radius 1 is 1.04 bits per heavy atom. The van der Waals surface area contributed by atoms with Gasteiger partial charge in [0, 0.05) is 22.8 Å². The highest BCUT2D eigenvalue weighted by Gasteiger charge is 2.14. The van der Waals surface area contributed by atoms with Gasteiger partial charge in [0.25, 0.3) is 11.8 Å². The molecule has 0 aliphatic heterocycles. The third kappa shape index (κ3) is 3.29. The predicted molar refractivity (Wildman–Crippen MR) is 90.8 cm³/mol. The molecule has 0 atom stereocenters. The van der Waals surface area contributed by atoms with Gasteiger partial charge in [-0.2, -0.15) is 0 Å². The first-order chi connectivity index (χ1) is 12.2. The summed E-state index contributed by atoms with van der Waals surface area (Å²) in [6, 6.07) is 11.7. The van der Waals surface area contributed by atoms with Crippen molar-refractivity contribution in [3.8, 4) is 17.2 Å². The topological polar surface area (TPSA) is 61.0 Å². The number of rotatable bonds is 4. The number of fused-ring (bicyclic) bond motifs is 1. The van der Waals surface area contributed by atoms with E-state index in [0.29, 0.717) is 16.2 Å². The van der Waals surface area contributed by atoms with E-state index in [4.69, 9.17) is 20.8 Å². The van der Waals surface area contributed by atoms with Crippen molar-refractivity contribution >= 4 is 22.4 Å². The monoisotopic (exact) mass is 355 g/mol. The highest BCUT2D eigenvalue weighted by Crippen LogP contribution is 2.27. The van der Waals surface area contributed by atoms with Crippen LogP contribution in [0.3, 0.4) is 0 Å². The van der Waals surface area contributed by atoms with Crippen molar-refractivity contribution in [1.29, 1.82) is 0 Å². The zero-order valence-electron chi connectivity index (χ0n) is 12.8. The van der Waals surface area contributed by atoms with E-state index in [-0.39, 0.29) is 24.0 Å². The van der Waals surface area contributed by atoms with Crippen molar-refractivity contribution in [3.05, 3.63) is 71.6 Å². The van der Waals surface area contributed by atoms with Gasteiger partial charge in [0.15, 0.2) is 6.61 Å². The van der Waals surface area contributed by atoms with Gasteiger partial charge in [0.2, 0.25) is 0 Å². The van der Waals surface area contributed by atoms with Crippen LogP contribution in [0, 0.1) is 5.82 Å². The number of hydrogen-bond donors (Lipinski definition) is 0. The number of pyridine rings is 1. The van der Waals surface area contributed by atoms with E-state index in [2.05, 4.69) is 15.2 Å². The van der Waals surface area contributed by atoms with Gasteiger partial charge >= 0.3 is 0 Å². The Morgan fingerprint density at radius 2 is 1.88 bits per heavy atom. The third-order valence-corrected chi connectivity index (χ3v) is 3.85. The lowest BCUT2D eigenvalue weighted by Crippen LogP contribution is -1.95. The van der Waals surface area contributed by atoms with Crippen LogP contribution in [0.4, 0.5) is 4.39 Å². The van der Waals surface area contributed by atoms with Crippen LogP contribution in [0.2, 0.25) is 5.02 Å². The molecule has 2 aromatic carbocycles. The Balaban J connectivity index is 1.56. The largest absolute Gasteiger partial charge is 0.484 e. The molecule has 0 radical (unpaired) electrons. The minimum absolute atomic E-state index is 0.0771. The molecule has 5 nitrogen and oxygen atoms in total. The van der Waals surface area contributed by atoms with E-state index in [9.17, 15) is 4.39 Å². The zero-order chi connectivity index (χ0) is 17.2. The molecule has 25 heavy (non-hydrogen) atoms. The standard InChI is InChI=1S/C18H11ClFN3O2/c19-13-1-3-14(4-2-13)24-10-17-22-23-18(25-17)15-7-11-5-6-21-9-12(11)8-16(15)20/h1-9H,10H2. The summed E-state index contributed by atoms with van der Waals surface area (Å²) in [6.07, 6.45) is 3.24. The second-order valence-corrected chi connectivity index (χ2v) is 5.73. The minimum Gasteiger partial charge on any atom is -0.484 e. The van der Waals surface area contributed by atoms with Gasteiger partial charge < -0.3 is 9.15 Å². The molecular formula is C18H11ClFN3O2. The fourth-order valence-electron chi connectivity index (χ4n) is 2.37. The predicted octanol–water partition coefficient (Wildman–Crippen LogP) is 4.66. The van der Waals surface area contributed by atoms with E-state index in [1.54, 1.807) is 48.8 Å². The zero-order valence-corrected chi connectivity index (χ0v) is 13.6. The smallest absolute Gasteiger partial charge is 0.254 e. The first-order valence-electron chi connectivity index (χ1n) is 7.43. The van der Waals surface area contributed by atoms with E-state index < -0.39 is 5.82 Å². The van der Waals surface area contributed by atoms with Crippen molar-refractivity contribution in [2.24, 2.45) is 0 Å². The Hall–Kier alpha value is -2.99. The quantitative estimate of drug-likeness (QED) is 0.533. The molecule has 4 rings (SSSR count). The van der Waals surface area contributed by atoms with Crippen molar-refractivity contribution in [2.75, 3.05) is 0 Å². The summed E-state index contributed by atoms with van der Waals surface area (Å²) in [5.41, 5.74) is 0.240. The van der Waals surface area contributed by atoms with Crippen LogP contribution in [0.1, 0.15) is 5.89 Å². The normalized spacial score (nSPS) is 11.0. The molecule has 7 heteroatoms. The number of nitrogens with zero attached hydrogens (tertiary/aromatic N) is 3. The van der Waals surface area contributed by atoms with Crippen LogP contribution in [0.25, 0.3) is 22.2 Å². The van der Waals surface area contributed by atoms with Gasteiger partial charge in [0.1, 0.15) is 11.6 Å². The second-order valence-electron chi connectivity index (χ2n) is 5.30. The van der Waals surface area contributed by atoms with E-state index in [1.807, 2.05) is 0 Å². The minimum atomic E-state index is -0.450. The Kier molecular flexibility index (Phi) is 4.03. The lowest BCUT2D eigenvalue weighted by atomic mass is 10.1. The number of ether oxygens (including phenoxy) is 1. The first-order valence-corrected chi connectivity index (χ1v) is 7.81. The summed E-state index contributed by atoms with van der Waals surface area (Å²) >= 11 is 5.82. The van der Waals surface area contributed by atoms with Crippen molar-refractivity contribution < 1.29 is 13.5 Å². The van der Waals surface area contributed by atoms with Crippen LogP contribution in [0.15, 0.2) is 59.3 Å². The molecule has 0 amide bonds. The van der Waals surface area contributed by atoms with Crippen LogP contribution in [-0.4, -0.2) is 15.2 Å². The maximum Gasteiger partial charge on any atom is 0.254 e. The SMILES string of the molecule is Fc1cc2cnccc2cc1-c1nnc(COc2ccc(Cl)cc2)o1. The molecule has 4 aromatic rings. The van der Waals surface area contributed by atoms with Gasteiger partial charge in [-0.15, -0.1) is 10.2 Å². The van der Waals surface area contributed by atoms with E-state index in [0.717, 1.165) is 5.39 Å². The molecule has 0 saturated carbocycles. The summed E-state index contributed by atoms with van der Waals surface area (Å²) in [6.45, 7) is 0.0771. The van der Waals surface area contributed by atoms with Gasteiger partial charge in [-0.25, -0.2) is 4.39 Å². The van der Waals surface area contributed by atoms with Crippen molar-refractivity contribution in [3.63, 3.8) is 0 Å². The molecule has 0 aliphatic rings.